The minimum Gasteiger partial charge on any atom is -0.369 e. The third-order valence-corrected chi connectivity index (χ3v) is 11.3. The molecule has 5 N–H and O–H groups in total. The smallest absolute Gasteiger partial charge is 0.126 e. The summed E-state index contributed by atoms with van der Waals surface area (Å²) in [5.41, 5.74) is 6.56. The Hall–Kier alpha value is -5.74. The number of aryl methyl sites for hydroxylation is 2. The Bertz CT molecular complexity index is 2110. The fraction of sp³-hybridized carbons (Fsp3) is 0.538. The number of pyridine rings is 6. The highest BCUT2D eigenvalue weighted by molar-refractivity contribution is 5.35. The normalized spacial score (nSPS) is 10.4. The molecule has 0 aliphatic heterocycles. The molecule has 6 aromatic heterocycles. The lowest BCUT2D eigenvalue weighted by molar-refractivity contribution is 0.263. The Morgan fingerprint density at radius 2 is 0.696 bits per heavy atom. The first kappa shape index (κ1) is 75.3. The molecule has 0 unspecified atom stereocenters. The van der Waals surface area contributed by atoms with Crippen LogP contribution in [-0.2, 0) is 26.2 Å². The molecule has 6 heterocycles. The summed E-state index contributed by atoms with van der Waals surface area (Å²) in [7, 11) is 6.36. The van der Waals surface area contributed by atoms with Gasteiger partial charge in [-0.25, -0.2) is 9.97 Å². The van der Waals surface area contributed by atoms with Crippen molar-refractivity contribution in [3.05, 3.63) is 168 Å². The molecule has 0 spiro atoms. The van der Waals surface area contributed by atoms with Crippen LogP contribution >= 0.6 is 0 Å². The van der Waals surface area contributed by atoms with Crippen molar-refractivity contribution in [2.75, 3.05) is 58.0 Å². The Labute approximate surface area is 483 Å². The molecule has 79 heavy (non-hydrogen) atoms. The summed E-state index contributed by atoms with van der Waals surface area (Å²) in [6.45, 7) is 45.4. The summed E-state index contributed by atoms with van der Waals surface area (Å²) in [6.07, 6.45) is 7.31. The lowest BCUT2D eigenvalue weighted by atomic mass is 10.3. The predicted octanol–water partition coefficient (Wildman–Crippen LogP) is 13.0. The monoisotopic (exact) mass is 1090 g/mol. The second-order valence-corrected chi connectivity index (χ2v) is 20.2. The average molecular weight is 1090 g/mol. The average Bonchev–Trinajstić information content (AvgIpc) is 3.44. The maximum atomic E-state index is 4.39. The number of anilines is 2. The second kappa shape index (κ2) is 49.3. The molecule has 0 saturated heterocycles. The number of aromatic nitrogens is 6. The summed E-state index contributed by atoms with van der Waals surface area (Å²) in [5, 5.41) is 16.5. The molecule has 14 nitrogen and oxygen atoms in total. The molecule has 0 bridgehead atoms. The number of nitrogens with one attached hydrogen (secondary N) is 5. The summed E-state index contributed by atoms with van der Waals surface area (Å²) in [5.74, 6) is 1.92. The highest BCUT2D eigenvalue weighted by atomic mass is 15.1. The van der Waals surface area contributed by atoms with Crippen molar-refractivity contribution in [2.24, 2.45) is 0 Å². The van der Waals surface area contributed by atoms with E-state index in [1.54, 1.807) is 0 Å². The molecule has 0 atom stereocenters. The number of nitrogens with zero attached hydrogens (tertiary/aromatic N) is 9. The molecule has 0 aliphatic carbocycles. The summed E-state index contributed by atoms with van der Waals surface area (Å²) in [6, 6.07) is 39.3. The van der Waals surface area contributed by atoms with Crippen molar-refractivity contribution in [1.82, 2.24) is 60.6 Å². The van der Waals surface area contributed by atoms with E-state index in [9.17, 15) is 0 Å². The van der Waals surface area contributed by atoms with E-state index in [0.717, 1.165) is 98.2 Å². The highest BCUT2D eigenvalue weighted by Gasteiger charge is 2.06. The Balaban J connectivity index is 0. The molecule has 0 amide bonds. The number of hydrogen-bond donors (Lipinski definition) is 5. The van der Waals surface area contributed by atoms with Crippen LogP contribution in [0.15, 0.2) is 134 Å². The number of likely N-dealkylation sites (N-methyl/N-ethyl adjacent to an activating group) is 1. The van der Waals surface area contributed by atoms with Crippen LogP contribution in [0.2, 0.25) is 0 Å². The van der Waals surface area contributed by atoms with Crippen molar-refractivity contribution in [3.8, 4) is 0 Å². The van der Waals surface area contributed by atoms with Crippen molar-refractivity contribution < 1.29 is 0 Å². The first-order chi connectivity index (χ1) is 37.7. The molecule has 0 fully saturated rings. The Morgan fingerprint density at radius 1 is 0.367 bits per heavy atom. The van der Waals surface area contributed by atoms with Gasteiger partial charge in [0.25, 0.3) is 0 Å². The fourth-order valence-corrected chi connectivity index (χ4v) is 5.94. The van der Waals surface area contributed by atoms with Gasteiger partial charge in [-0.1, -0.05) is 106 Å². The quantitative estimate of drug-likeness (QED) is 0.0411. The van der Waals surface area contributed by atoms with Gasteiger partial charge < -0.3 is 31.5 Å². The second-order valence-electron chi connectivity index (χ2n) is 20.2. The van der Waals surface area contributed by atoms with Gasteiger partial charge in [-0.15, -0.1) is 0 Å². The van der Waals surface area contributed by atoms with Gasteiger partial charge in [-0.05, 0) is 149 Å². The van der Waals surface area contributed by atoms with Gasteiger partial charge in [0, 0.05) is 125 Å². The number of rotatable bonds is 22. The lowest BCUT2D eigenvalue weighted by Crippen LogP contribution is -2.31. The first-order valence-corrected chi connectivity index (χ1v) is 29.0. The third kappa shape index (κ3) is 44.8. The lowest BCUT2D eigenvalue weighted by Gasteiger charge is -2.21. The summed E-state index contributed by atoms with van der Waals surface area (Å²) >= 11 is 0. The van der Waals surface area contributed by atoms with Gasteiger partial charge in [0.05, 0.1) is 22.8 Å². The SMILES string of the molecule is CC.CC.CC(C)N(C)Cc1ccccn1.CC(C)N(C)Cc1ccccn1.CC(C)NCc1ccccn1.CC(C)NCc1ccccn1.Cc1cccc(NCCN(C)C(C)C)n1.Cc1cccc(NCCNC(C)C)n1. The van der Waals surface area contributed by atoms with Gasteiger partial charge in [0.15, 0.2) is 0 Å². The van der Waals surface area contributed by atoms with Gasteiger partial charge in [0.1, 0.15) is 11.6 Å². The molecule has 0 aromatic carbocycles. The van der Waals surface area contributed by atoms with Crippen molar-refractivity contribution in [2.45, 2.75) is 187 Å². The van der Waals surface area contributed by atoms with E-state index in [1.165, 1.54) is 0 Å². The highest BCUT2D eigenvalue weighted by Crippen LogP contribution is 2.06. The van der Waals surface area contributed by atoms with Crippen molar-refractivity contribution in [3.63, 3.8) is 0 Å². The Morgan fingerprint density at radius 3 is 0.987 bits per heavy atom. The molecule has 442 valence electrons. The Kier molecular flexibility index (Phi) is 47.0. The van der Waals surface area contributed by atoms with E-state index in [-0.39, 0.29) is 0 Å². The zero-order valence-corrected chi connectivity index (χ0v) is 53.3. The van der Waals surface area contributed by atoms with E-state index in [0.29, 0.717) is 36.3 Å². The van der Waals surface area contributed by atoms with Crippen LogP contribution in [-0.4, -0.2) is 128 Å². The third-order valence-electron chi connectivity index (χ3n) is 11.3. The molecule has 0 radical (unpaired) electrons. The largest absolute Gasteiger partial charge is 0.369 e. The topological polar surface area (TPSA) is 147 Å². The molecular weight excluding hydrogens is 977 g/mol. The first-order valence-electron chi connectivity index (χ1n) is 29.0. The van der Waals surface area contributed by atoms with Gasteiger partial charge >= 0.3 is 0 Å². The maximum Gasteiger partial charge on any atom is 0.126 e. The van der Waals surface area contributed by atoms with Crippen LogP contribution in [0.1, 0.15) is 145 Å². The predicted molar refractivity (Wildman–Crippen MR) is 343 cm³/mol. The minimum atomic E-state index is 0.525. The molecule has 0 saturated carbocycles. The van der Waals surface area contributed by atoms with E-state index in [4.69, 9.17) is 0 Å². The summed E-state index contributed by atoms with van der Waals surface area (Å²) < 4.78 is 0. The molecule has 6 aromatic rings. The van der Waals surface area contributed by atoms with Gasteiger partial charge in [0.2, 0.25) is 0 Å². The molecule has 0 aliphatic rings. The zero-order valence-electron chi connectivity index (χ0n) is 53.3. The van der Waals surface area contributed by atoms with Crippen LogP contribution in [0, 0.1) is 13.8 Å². The van der Waals surface area contributed by atoms with E-state index in [2.05, 4.69) is 188 Å². The van der Waals surface area contributed by atoms with Crippen LogP contribution in [0.25, 0.3) is 0 Å². The minimum absolute atomic E-state index is 0.525. The van der Waals surface area contributed by atoms with Crippen LogP contribution < -0.4 is 26.6 Å². The van der Waals surface area contributed by atoms with Gasteiger partial charge in [-0.2, -0.15) is 0 Å². The van der Waals surface area contributed by atoms with Crippen molar-refractivity contribution >= 4 is 11.6 Å². The van der Waals surface area contributed by atoms with E-state index < -0.39 is 0 Å². The van der Waals surface area contributed by atoms with Crippen LogP contribution in [0.5, 0.6) is 0 Å². The molecular formula is C65H112N14. The van der Waals surface area contributed by atoms with Crippen molar-refractivity contribution in [1.29, 1.82) is 0 Å². The molecule has 14 heteroatoms. The maximum absolute atomic E-state index is 4.39. The van der Waals surface area contributed by atoms with E-state index in [1.807, 2.05) is 163 Å². The van der Waals surface area contributed by atoms with Gasteiger partial charge in [-0.3, -0.25) is 29.7 Å². The number of hydrogen-bond acceptors (Lipinski definition) is 14. The van der Waals surface area contributed by atoms with E-state index >= 15 is 0 Å². The fourth-order valence-electron chi connectivity index (χ4n) is 5.94. The molecule has 6 rings (SSSR count). The van der Waals surface area contributed by atoms with Crippen LogP contribution in [0.4, 0.5) is 11.6 Å². The zero-order chi connectivity index (χ0) is 59.8. The standard InChI is InChI=1S/C12H21N3.C11H19N3.2C10H16N2.2C9H14N2.2C2H6/c1-10(2)15(4)9-8-13-12-7-5-6-11(3)14-12;1-9(2)12-7-8-13-11-6-4-5-10(3)14-11;2*1-9(2)12(3)8-10-6-4-5-7-11-10;2*1-8(2)11-7-9-5-3-4-6-10-9;2*1-2/h5-7,10H,8-9H2,1-4H3,(H,13,14);4-6,9,12H,7-8H2,1-3H3,(H,13,14);2*4-7,9H,8H2,1-3H3;2*3-6,8,11H,7H2,1-2H3;2*1-2H3. The van der Waals surface area contributed by atoms with Crippen LogP contribution in [0.3, 0.4) is 0 Å². The summed E-state index contributed by atoms with van der Waals surface area (Å²) in [4.78, 5) is 32.5.